The van der Waals surface area contributed by atoms with Crippen LogP contribution in [-0.2, 0) is 0 Å². The molecule has 1 N–H and O–H groups in total. The highest BCUT2D eigenvalue weighted by Gasteiger charge is 2.29. The van der Waals surface area contributed by atoms with Gasteiger partial charge in [0.1, 0.15) is 0 Å². The molecule has 3 aromatic rings. The van der Waals surface area contributed by atoms with Gasteiger partial charge in [-0.15, -0.1) is 0 Å². The summed E-state index contributed by atoms with van der Waals surface area (Å²) in [7, 11) is 0. The topological polar surface area (TPSA) is 62.2 Å². The molecule has 1 fully saturated rings. The van der Waals surface area contributed by atoms with Crippen LogP contribution in [-0.4, -0.2) is 27.9 Å². The van der Waals surface area contributed by atoms with Crippen molar-refractivity contribution >= 4 is 16.6 Å². The van der Waals surface area contributed by atoms with Crippen molar-refractivity contribution in [3.63, 3.8) is 0 Å². The summed E-state index contributed by atoms with van der Waals surface area (Å²) in [6.07, 6.45) is 2.40. The van der Waals surface area contributed by atoms with Crippen molar-refractivity contribution in [2.45, 2.75) is 25.8 Å². The molecule has 1 aliphatic rings. The largest absolute Gasteiger partial charge is 0.358 e. The Morgan fingerprint density at radius 2 is 1.76 bits per heavy atom. The number of fused-ring (bicyclic) bond motifs is 1. The number of para-hydroxylation sites is 1. The van der Waals surface area contributed by atoms with Crippen molar-refractivity contribution in [1.82, 2.24) is 9.88 Å². The number of likely N-dealkylation sites (tertiary alicyclic amines) is 1. The number of benzene rings is 2. The van der Waals surface area contributed by atoms with Crippen molar-refractivity contribution in [3.05, 3.63) is 75.5 Å². The van der Waals surface area contributed by atoms with E-state index in [4.69, 9.17) is 0 Å². The van der Waals surface area contributed by atoms with Crippen LogP contribution in [0.25, 0.3) is 10.9 Å². The van der Waals surface area contributed by atoms with E-state index in [1.54, 1.807) is 12.1 Å². The number of aromatic amines is 1. The number of non-ortho nitro benzene ring substituents is 1. The van der Waals surface area contributed by atoms with Crippen LogP contribution < -0.4 is 0 Å². The van der Waals surface area contributed by atoms with E-state index in [2.05, 4.69) is 35.0 Å². The molecule has 0 saturated carbocycles. The molecule has 25 heavy (non-hydrogen) atoms. The summed E-state index contributed by atoms with van der Waals surface area (Å²) in [6.45, 7) is 4.23. The fourth-order valence-electron chi connectivity index (χ4n) is 3.99. The molecule has 5 nitrogen and oxygen atoms in total. The lowest BCUT2D eigenvalue weighted by Crippen LogP contribution is -2.27. The molecule has 0 spiro atoms. The lowest BCUT2D eigenvalue weighted by atomic mass is 9.94. The third kappa shape index (κ3) is 2.81. The maximum atomic E-state index is 11.0. The van der Waals surface area contributed by atoms with Crippen LogP contribution in [0, 0.1) is 17.0 Å². The second-order valence-corrected chi connectivity index (χ2v) is 6.70. The van der Waals surface area contributed by atoms with E-state index in [0.717, 1.165) is 29.9 Å². The number of rotatable bonds is 4. The summed E-state index contributed by atoms with van der Waals surface area (Å²) >= 11 is 0. The van der Waals surface area contributed by atoms with Crippen LogP contribution >= 0.6 is 0 Å². The highest BCUT2D eigenvalue weighted by atomic mass is 16.6. The number of aromatic nitrogens is 1. The van der Waals surface area contributed by atoms with E-state index in [1.165, 1.54) is 23.8 Å². The summed E-state index contributed by atoms with van der Waals surface area (Å²) in [6, 6.07) is 15.5. The number of aryl methyl sites for hydroxylation is 1. The first-order valence-electron chi connectivity index (χ1n) is 8.71. The van der Waals surface area contributed by atoms with E-state index in [1.807, 2.05) is 18.2 Å². The SMILES string of the molecule is Cc1[nH]c2ccccc2c1C(c1ccc([N+](=O)[O-])cc1)N1CCCC1. The summed E-state index contributed by atoms with van der Waals surface area (Å²) in [4.78, 5) is 16.6. The normalized spacial score (nSPS) is 16.4. The van der Waals surface area contributed by atoms with Gasteiger partial charge in [0.2, 0.25) is 0 Å². The Morgan fingerprint density at radius 1 is 1.08 bits per heavy atom. The lowest BCUT2D eigenvalue weighted by Gasteiger charge is -2.28. The molecule has 2 heterocycles. The Labute approximate surface area is 146 Å². The van der Waals surface area contributed by atoms with Gasteiger partial charge in [-0.3, -0.25) is 15.0 Å². The van der Waals surface area contributed by atoms with Crippen LogP contribution in [0.4, 0.5) is 5.69 Å². The first-order chi connectivity index (χ1) is 12.1. The predicted octanol–water partition coefficient (Wildman–Crippen LogP) is 4.57. The van der Waals surface area contributed by atoms with E-state index < -0.39 is 0 Å². The minimum atomic E-state index is -0.342. The second-order valence-electron chi connectivity index (χ2n) is 6.70. The molecule has 1 aliphatic heterocycles. The van der Waals surface area contributed by atoms with Gasteiger partial charge in [-0.25, -0.2) is 0 Å². The Balaban J connectivity index is 1.86. The molecule has 0 amide bonds. The highest BCUT2D eigenvalue weighted by molar-refractivity contribution is 5.85. The monoisotopic (exact) mass is 335 g/mol. The first kappa shape index (κ1) is 15.8. The zero-order chi connectivity index (χ0) is 17.4. The quantitative estimate of drug-likeness (QED) is 0.561. The molecule has 5 heteroatoms. The fraction of sp³-hybridized carbons (Fsp3) is 0.300. The van der Waals surface area contributed by atoms with Gasteiger partial charge < -0.3 is 4.98 Å². The second kappa shape index (κ2) is 6.33. The number of nitrogens with zero attached hydrogens (tertiary/aromatic N) is 2. The molecule has 1 aromatic heterocycles. The summed E-state index contributed by atoms with van der Waals surface area (Å²) in [5.41, 5.74) is 4.84. The van der Waals surface area contributed by atoms with Crippen molar-refractivity contribution in [3.8, 4) is 0 Å². The highest BCUT2D eigenvalue weighted by Crippen LogP contribution is 2.38. The number of H-pyrrole nitrogens is 1. The molecule has 0 aliphatic carbocycles. The zero-order valence-electron chi connectivity index (χ0n) is 14.2. The molecule has 0 radical (unpaired) electrons. The minimum absolute atomic E-state index is 0.124. The Hall–Kier alpha value is -2.66. The molecule has 1 saturated heterocycles. The fourth-order valence-corrected chi connectivity index (χ4v) is 3.99. The number of nitro benzene ring substituents is 1. The molecule has 128 valence electrons. The van der Waals surface area contributed by atoms with Gasteiger partial charge in [-0.05, 0) is 44.5 Å². The average molecular weight is 335 g/mol. The first-order valence-corrected chi connectivity index (χ1v) is 8.71. The molecule has 0 bridgehead atoms. The van der Waals surface area contributed by atoms with Gasteiger partial charge in [-0.2, -0.15) is 0 Å². The molecule has 4 rings (SSSR count). The van der Waals surface area contributed by atoms with Gasteiger partial charge in [-0.1, -0.05) is 30.3 Å². The third-order valence-corrected chi connectivity index (χ3v) is 5.14. The molecular formula is C20H21N3O2. The number of hydrogen-bond acceptors (Lipinski definition) is 3. The maximum Gasteiger partial charge on any atom is 0.269 e. The molecule has 1 unspecified atom stereocenters. The molecule has 1 atom stereocenters. The van der Waals surface area contributed by atoms with Crippen molar-refractivity contribution < 1.29 is 4.92 Å². The summed E-state index contributed by atoms with van der Waals surface area (Å²) < 4.78 is 0. The Kier molecular flexibility index (Phi) is 4.01. The Morgan fingerprint density at radius 3 is 2.44 bits per heavy atom. The van der Waals surface area contributed by atoms with Gasteiger partial charge in [0.25, 0.3) is 5.69 Å². The predicted molar refractivity (Wildman–Crippen MR) is 98.8 cm³/mol. The van der Waals surface area contributed by atoms with Crippen LogP contribution in [0.15, 0.2) is 48.5 Å². The summed E-state index contributed by atoms with van der Waals surface area (Å²) in [5.74, 6) is 0. The van der Waals surface area contributed by atoms with Crippen molar-refractivity contribution in [2.75, 3.05) is 13.1 Å². The Bertz CT molecular complexity index is 908. The smallest absolute Gasteiger partial charge is 0.269 e. The van der Waals surface area contributed by atoms with Gasteiger partial charge in [0.15, 0.2) is 0 Å². The lowest BCUT2D eigenvalue weighted by molar-refractivity contribution is -0.384. The average Bonchev–Trinajstić information content (AvgIpc) is 3.24. The number of hydrogen-bond donors (Lipinski definition) is 1. The van der Waals surface area contributed by atoms with Crippen LogP contribution in [0.1, 0.15) is 35.7 Å². The van der Waals surface area contributed by atoms with Gasteiger partial charge in [0, 0.05) is 34.3 Å². The van der Waals surface area contributed by atoms with E-state index in [0.29, 0.717) is 0 Å². The minimum Gasteiger partial charge on any atom is -0.358 e. The van der Waals surface area contributed by atoms with Gasteiger partial charge in [0.05, 0.1) is 11.0 Å². The number of nitro groups is 1. The van der Waals surface area contributed by atoms with Crippen molar-refractivity contribution in [1.29, 1.82) is 0 Å². The molecular weight excluding hydrogens is 314 g/mol. The molecule has 2 aromatic carbocycles. The maximum absolute atomic E-state index is 11.0. The van der Waals surface area contributed by atoms with Gasteiger partial charge >= 0.3 is 0 Å². The van der Waals surface area contributed by atoms with Crippen LogP contribution in [0.5, 0.6) is 0 Å². The van der Waals surface area contributed by atoms with Crippen molar-refractivity contribution in [2.24, 2.45) is 0 Å². The standard InChI is InChI=1S/C20H21N3O2/c1-14-19(17-6-2-3-7-18(17)21-14)20(22-12-4-5-13-22)15-8-10-16(11-9-15)23(24)25/h2-3,6-11,20-21H,4-5,12-13H2,1H3. The van der Waals surface area contributed by atoms with Crippen LogP contribution in [0.3, 0.4) is 0 Å². The summed E-state index contributed by atoms with van der Waals surface area (Å²) in [5, 5.41) is 12.2. The zero-order valence-corrected chi connectivity index (χ0v) is 14.2. The third-order valence-electron chi connectivity index (χ3n) is 5.14. The van der Waals surface area contributed by atoms with E-state index in [-0.39, 0.29) is 16.7 Å². The van der Waals surface area contributed by atoms with Crippen LogP contribution in [0.2, 0.25) is 0 Å². The van der Waals surface area contributed by atoms with E-state index >= 15 is 0 Å². The number of nitrogens with one attached hydrogen (secondary N) is 1. The van der Waals surface area contributed by atoms with E-state index in [9.17, 15) is 10.1 Å².